The van der Waals surface area contributed by atoms with Crippen LogP contribution in [-0.4, -0.2) is 29.9 Å². The maximum Gasteiger partial charge on any atom is 0.228 e. The molecular weight excluding hydrogens is 236 g/mol. The van der Waals surface area contributed by atoms with Crippen LogP contribution in [0.2, 0.25) is 0 Å². The minimum absolute atomic E-state index is 0.0743. The van der Waals surface area contributed by atoms with E-state index >= 15 is 0 Å². The van der Waals surface area contributed by atoms with Crippen molar-refractivity contribution in [2.45, 2.75) is 39.2 Å². The van der Waals surface area contributed by atoms with E-state index in [2.05, 4.69) is 12.1 Å². The average molecular weight is 260 g/mol. The summed E-state index contributed by atoms with van der Waals surface area (Å²) < 4.78 is 0. The number of benzene rings is 1. The van der Waals surface area contributed by atoms with Gasteiger partial charge in [0.05, 0.1) is 0 Å². The summed E-state index contributed by atoms with van der Waals surface area (Å²) in [6, 6.07) is 10.4. The van der Waals surface area contributed by atoms with Crippen LogP contribution in [0.15, 0.2) is 30.3 Å². The van der Waals surface area contributed by atoms with Crippen molar-refractivity contribution in [2.24, 2.45) is 11.1 Å². The average Bonchev–Trinajstić information content (AvgIpc) is 2.37. The largest absolute Gasteiger partial charge is 0.340 e. The van der Waals surface area contributed by atoms with Gasteiger partial charge in [0.15, 0.2) is 0 Å². The molecule has 2 atom stereocenters. The summed E-state index contributed by atoms with van der Waals surface area (Å²) in [6.07, 6.45) is 0.956. The molecule has 104 valence electrons. The Kier molecular flexibility index (Phi) is 3.95. The zero-order chi connectivity index (χ0) is 14.0. The molecule has 3 heteroatoms. The van der Waals surface area contributed by atoms with Gasteiger partial charge in [-0.2, -0.15) is 0 Å². The van der Waals surface area contributed by atoms with E-state index < -0.39 is 0 Å². The van der Waals surface area contributed by atoms with E-state index in [1.54, 1.807) is 0 Å². The van der Waals surface area contributed by atoms with Crippen molar-refractivity contribution in [2.75, 3.05) is 13.1 Å². The molecule has 1 saturated heterocycles. The van der Waals surface area contributed by atoms with E-state index in [0.29, 0.717) is 12.5 Å². The fourth-order valence-corrected chi connectivity index (χ4v) is 2.75. The van der Waals surface area contributed by atoms with Crippen LogP contribution in [0, 0.1) is 5.41 Å². The first-order valence-corrected chi connectivity index (χ1v) is 6.98. The lowest BCUT2D eigenvalue weighted by molar-refractivity contribution is -0.141. The Labute approximate surface area is 115 Å². The number of piperidine rings is 1. The van der Waals surface area contributed by atoms with Crippen LogP contribution < -0.4 is 5.73 Å². The summed E-state index contributed by atoms with van der Waals surface area (Å²) in [5.74, 6) is 0.555. The van der Waals surface area contributed by atoms with Crippen LogP contribution in [-0.2, 0) is 4.79 Å². The molecule has 2 N–H and O–H groups in total. The zero-order valence-corrected chi connectivity index (χ0v) is 12.1. The van der Waals surface area contributed by atoms with Crippen LogP contribution in [0.4, 0.5) is 0 Å². The summed E-state index contributed by atoms with van der Waals surface area (Å²) in [4.78, 5) is 14.3. The molecule has 0 aromatic heterocycles. The number of hydrogen-bond donors (Lipinski definition) is 1. The highest BCUT2D eigenvalue weighted by atomic mass is 16.2. The molecule has 1 aliphatic heterocycles. The van der Waals surface area contributed by atoms with Gasteiger partial charge in [-0.25, -0.2) is 0 Å². The number of likely N-dealkylation sites (tertiary alicyclic amines) is 1. The molecular formula is C16H24N2O. The number of hydrogen-bond acceptors (Lipinski definition) is 2. The minimum atomic E-state index is -0.335. The maximum atomic E-state index is 12.4. The fourth-order valence-electron chi connectivity index (χ4n) is 2.75. The Morgan fingerprint density at radius 2 is 1.84 bits per heavy atom. The van der Waals surface area contributed by atoms with Gasteiger partial charge in [-0.05, 0) is 12.0 Å². The van der Waals surface area contributed by atoms with Gasteiger partial charge in [-0.1, -0.05) is 51.1 Å². The Hall–Kier alpha value is -1.35. The second-order valence-electron chi connectivity index (χ2n) is 6.56. The van der Waals surface area contributed by atoms with E-state index in [-0.39, 0.29) is 17.4 Å². The third kappa shape index (κ3) is 3.35. The number of amides is 1. The molecule has 0 radical (unpaired) electrons. The monoisotopic (exact) mass is 260 g/mol. The summed E-state index contributed by atoms with van der Waals surface area (Å²) in [6.45, 7) is 7.36. The molecule has 0 spiro atoms. The van der Waals surface area contributed by atoms with E-state index in [1.807, 2.05) is 43.9 Å². The quantitative estimate of drug-likeness (QED) is 0.842. The number of nitrogens with zero attached hydrogens (tertiary/aromatic N) is 1. The molecule has 2 unspecified atom stereocenters. The van der Waals surface area contributed by atoms with Gasteiger partial charge >= 0.3 is 0 Å². The number of carbonyl (C=O) groups excluding carboxylic acids is 1. The lowest BCUT2D eigenvalue weighted by Gasteiger charge is -2.39. The summed E-state index contributed by atoms with van der Waals surface area (Å²) in [7, 11) is 0. The van der Waals surface area contributed by atoms with Crippen molar-refractivity contribution >= 4 is 5.91 Å². The second-order valence-corrected chi connectivity index (χ2v) is 6.56. The predicted octanol–water partition coefficient (Wildman–Crippen LogP) is 2.38. The predicted molar refractivity (Wildman–Crippen MR) is 77.8 cm³/mol. The van der Waals surface area contributed by atoms with Crippen molar-refractivity contribution in [3.8, 4) is 0 Å². The van der Waals surface area contributed by atoms with Crippen molar-refractivity contribution in [1.29, 1.82) is 0 Å². The zero-order valence-electron chi connectivity index (χ0n) is 12.1. The maximum absolute atomic E-state index is 12.4. The van der Waals surface area contributed by atoms with Crippen LogP contribution >= 0.6 is 0 Å². The van der Waals surface area contributed by atoms with Crippen molar-refractivity contribution in [3.63, 3.8) is 0 Å². The minimum Gasteiger partial charge on any atom is -0.340 e. The molecule has 3 nitrogen and oxygen atoms in total. The van der Waals surface area contributed by atoms with Gasteiger partial charge in [0.2, 0.25) is 5.91 Å². The normalized spacial score (nSPS) is 24.3. The highest BCUT2D eigenvalue weighted by Crippen LogP contribution is 2.29. The van der Waals surface area contributed by atoms with Crippen LogP contribution in [0.3, 0.4) is 0 Å². The molecule has 0 aliphatic carbocycles. The Balaban J connectivity index is 2.15. The fraction of sp³-hybridized carbons (Fsp3) is 0.562. The Bertz CT molecular complexity index is 436. The third-order valence-corrected chi connectivity index (χ3v) is 3.68. The number of carbonyl (C=O) groups is 1. The van der Waals surface area contributed by atoms with E-state index in [1.165, 1.54) is 5.56 Å². The molecule has 1 aromatic carbocycles. The van der Waals surface area contributed by atoms with Crippen LogP contribution in [0.1, 0.15) is 38.7 Å². The Morgan fingerprint density at radius 3 is 2.42 bits per heavy atom. The molecule has 2 rings (SSSR count). The summed E-state index contributed by atoms with van der Waals surface area (Å²) in [5, 5.41) is 0. The highest BCUT2D eigenvalue weighted by Gasteiger charge is 2.33. The number of nitrogens with two attached hydrogens (primary N) is 1. The van der Waals surface area contributed by atoms with Crippen molar-refractivity contribution < 1.29 is 4.79 Å². The molecule has 1 heterocycles. The lowest BCUT2D eigenvalue weighted by Crippen LogP contribution is -2.51. The van der Waals surface area contributed by atoms with Crippen LogP contribution in [0.5, 0.6) is 0 Å². The van der Waals surface area contributed by atoms with Gasteiger partial charge in [0.25, 0.3) is 0 Å². The first kappa shape index (κ1) is 14.1. The molecule has 19 heavy (non-hydrogen) atoms. The molecule has 1 aromatic rings. The summed E-state index contributed by atoms with van der Waals surface area (Å²) >= 11 is 0. The first-order chi connectivity index (χ1) is 8.88. The molecule has 1 fully saturated rings. The topological polar surface area (TPSA) is 46.3 Å². The van der Waals surface area contributed by atoms with Gasteiger partial charge in [0, 0.05) is 30.5 Å². The Morgan fingerprint density at radius 1 is 1.21 bits per heavy atom. The van der Waals surface area contributed by atoms with Gasteiger partial charge in [-0.15, -0.1) is 0 Å². The number of rotatable bonds is 1. The summed E-state index contributed by atoms with van der Waals surface area (Å²) in [5.41, 5.74) is 7.09. The molecule has 0 bridgehead atoms. The lowest BCUT2D eigenvalue weighted by atomic mass is 9.86. The molecule has 0 saturated carbocycles. The van der Waals surface area contributed by atoms with Crippen LogP contribution in [0.25, 0.3) is 0 Å². The van der Waals surface area contributed by atoms with Gasteiger partial charge in [-0.3, -0.25) is 4.79 Å². The van der Waals surface area contributed by atoms with Gasteiger partial charge in [0.1, 0.15) is 0 Å². The third-order valence-electron chi connectivity index (χ3n) is 3.68. The SMILES string of the molecule is CC(C)(C)C(=O)N1CC(N)CC(c2ccccc2)C1. The van der Waals surface area contributed by atoms with E-state index in [4.69, 9.17) is 5.73 Å². The van der Waals surface area contributed by atoms with E-state index in [9.17, 15) is 4.79 Å². The van der Waals surface area contributed by atoms with Crippen molar-refractivity contribution in [1.82, 2.24) is 4.90 Å². The van der Waals surface area contributed by atoms with E-state index in [0.717, 1.165) is 13.0 Å². The van der Waals surface area contributed by atoms with Crippen molar-refractivity contribution in [3.05, 3.63) is 35.9 Å². The molecule has 1 aliphatic rings. The second kappa shape index (κ2) is 5.33. The first-order valence-electron chi connectivity index (χ1n) is 6.98. The van der Waals surface area contributed by atoms with Gasteiger partial charge < -0.3 is 10.6 Å². The standard InChI is InChI=1S/C16H24N2O/c1-16(2,3)15(19)18-10-13(9-14(17)11-18)12-7-5-4-6-8-12/h4-8,13-14H,9-11,17H2,1-3H3. The smallest absolute Gasteiger partial charge is 0.228 e. The molecule has 1 amide bonds. The highest BCUT2D eigenvalue weighted by molar-refractivity contribution is 5.81.